The molecule has 0 spiro atoms. The monoisotopic (exact) mass is 391 g/mol. The smallest absolute Gasteiger partial charge is 0.246 e. The zero-order chi connectivity index (χ0) is 18.9. The van der Waals surface area contributed by atoms with Crippen LogP contribution in [0.5, 0.6) is 5.75 Å². The quantitative estimate of drug-likeness (QED) is 0.784. The molecule has 1 aromatic heterocycles. The molecule has 2 saturated heterocycles. The minimum Gasteiger partial charge on any atom is -0.496 e. The fourth-order valence-corrected chi connectivity index (χ4v) is 5.63. The van der Waals surface area contributed by atoms with Crippen LogP contribution < -0.4 is 4.74 Å². The number of benzene rings is 1. The lowest BCUT2D eigenvalue weighted by Crippen LogP contribution is -2.30. The summed E-state index contributed by atoms with van der Waals surface area (Å²) in [6.45, 7) is 1.89. The molecule has 0 saturated carbocycles. The van der Waals surface area contributed by atoms with E-state index in [2.05, 4.69) is 5.10 Å². The molecule has 2 aromatic rings. The topological polar surface area (TPSA) is 73.7 Å². The van der Waals surface area contributed by atoms with Crippen molar-refractivity contribution in [2.75, 3.05) is 26.9 Å². The Kier molecular flexibility index (Phi) is 5.21. The van der Waals surface area contributed by atoms with Crippen molar-refractivity contribution in [3.8, 4) is 5.75 Å². The molecule has 0 N–H and O–H groups in total. The lowest BCUT2D eigenvalue weighted by Gasteiger charge is -2.25. The maximum atomic E-state index is 13.3. The SMILES string of the molecule is COc1ccccc1C1CCCN1S(=O)(=O)c1cnn(C2CCOCC2)c1. The van der Waals surface area contributed by atoms with Gasteiger partial charge < -0.3 is 9.47 Å². The minimum absolute atomic E-state index is 0.200. The van der Waals surface area contributed by atoms with Crippen LogP contribution in [0.4, 0.5) is 0 Å². The van der Waals surface area contributed by atoms with Gasteiger partial charge in [0.1, 0.15) is 10.6 Å². The molecule has 1 unspecified atom stereocenters. The Morgan fingerprint density at radius 3 is 2.74 bits per heavy atom. The lowest BCUT2D eigenvalue weighted by molar-refractivity contribution is 0.0662. The highest BCUT2D eigenvalue weighted by molar-refractivity contribution is 7.89. The number of ether oxygens (including phenoxy) is 2. The molecule has 3 heterocycles. The van der Waals surface area contributed by atoms with E-state index in [0.29, 0.717) is 19.8 Å². The van der Waals surface area contributed by atoms with E-state index < -0.39 is 10.0 Å². The average molecular weight is 391 g/mol. The number of nitrogens with zero attached hydrogens (tertiary/aromatic N) is 3. The summed E-state index contributed by atoms with van der Waals surface area (Å²) in [5.41, 5.74) is 0.915. The number of methoxy groups -OCH3 is 1. The van der Waals surface area contributed by atoms with Gasteiger partial charge in [-0.3, -0.25) is 4.68 Å². The molecule has 0 aliphatic carbocycles. The summed E-state index contributed by atoms with van der Waals surface area (Å²) >= 11 is 0. The van der Waals surface area contributed by atoms with E-state index in [0.717, 1.165) is 37.0 Å². The standard InChI is InChI=1S/C19H25N3O4S/c1-25-19-7-3-2-5-17(19)18-6-4-10-22(18)27(23,24)16-13-20-21(14-16)15-8-11-26-12-9-15/h2-3,5,7,13-15,18H,4,6,8-12H2,1H3. The number of para-hydroxylation sites is 1. The Labute approximate surface area is 159 Å². The second kappa shape index (κ2) is 7.61. The zero-order valence-corrected chi connectivity index (χ0v) is 16.3. The summed E-state index contributed by atoms with van der Waals surface area (Å²) in [5, 5.41) is 4.34. The summed E-state index contributed by atoms with van der Waals surface area (Å²) in [5.74, 6) is 0.725. The largest absolute Gasteiger partial charge is 0.496 e. The predicted octanol–water partition coefficient (Wildman–Crippen LogP) is 2.77. The zero-order valence-electron chi connectivity index (χ0n) is 15.5. The van der Waals surface area contributed by atoms with E-state index in [1.165, 1.54) is 6.20 Å². The van der Waals surface area contributed by atoms with Crippen LogP contribution in [-0.2, 0) is 14.8 Å². The second-order valence-corrected chi connectivity index (χ2v) is 8.91. The van der Waals surface area contributed by atoms with Gasteiger partial charge in [0.2, 0.25) is 10.0 Å². The highest BCUT2D eigenvalue weighted by atomic mass is 32.2. The predicted molar refractivity (Wildman–Crippen MR) is 100 cm³/mol. The first-order valence-corrected chi connectivity index (χ1v) is 10.8. The Balaban J connectivity index is 1.62. The van der Waals surface area contributed by atoms with E-state index in [4.69, 9.17) is 9.47 Å². The molecule has 2 aliphatic heterocycles. The van der Waals surface area contributed by atoms with Crippen molar-refractivity contribution in [2.24, 2.45) is 0 Å². The third-order valence-electron chi connectivity index (χ3n) is 5.45. The molecule has 2 fully saturated rings. The molecule has 0 radical (unpaired) electrons. The van der Waals surface area contributed by atoms with Crippen molar-refractivity contribution in [1.82, 2.24) is 14.1 Å². The van der Waals surface area contributed by atoms with Crippen molar-refractivity contribution in [3.05, 3.63) is 42.2 Å². The highest BCUT2D eigenvalue weighted by Gasteiger charge is 2.38. The van der Waals surface area contributed by atoms with Gasteiger partial charge in [0.05, 0.1) is 25.4 Å². The second-order valence-electron chi connectivity index (χ2n) is 7.02. The van der Waals surface area contributed by atoms with Gasteiger partial charge in [0.25, 0.3) is 0 Å². The van der Waals surface area contributed by atoms with Gasteiger partial charge in [-0.25, -0.2) is 8.42 Å². The fraction of sp³-hybridized carbons (Fsp3) is 0.526. The minimum atomic E-state index is -3.62. The highest BCUT2D eigenvalue weighted by Crippen LogP contribution is 2.40. The first-order chi connectivity index (χ1) is 13.1. The van der Waals surface area contributed by atoms with E-state index in [1.807, 2.05) is 24.3 Å². The van der Waals surface area contributed by atoms with Crippen LogP contribution in [0.3, 0.4) is 0 Å². The molecule has 27 heavy (non-hydrogen) atoms. The van der Waals surface area contributed by atoms with Crippen molar-refractivity contribution < 1.29 is 17.9 Å². The molecule has 0 amide bonds. The van der Waals surface area contributed by atoms with Crippen LogP contribution >= 0.6 is 0 Å². The molecule has 1 atom stereocenters. The number of sulfonamides is 1. The van der Waals surface area contributed by atoms with Crippen LogP contribution in [-0.4, -0.2) is 49.4 Å². The molecular formula is C19H25N3O4S. The Bertz CT molecular complexity index is 890. The van der Waals surface area contributed by atoms with E-state index in [-0.39, 0.29) is 17.0 Å². The van der Waals surface area contributed by atoms with E-state index in [1.54, 1.807) is 22.3 Å². The number of hydrogen-bond acceptors (Lipinski definition) is 5. The summed E-state index contributed by atoms with van der Waals surface area (Å²) in [4.78, 5) is 0.260. The third-order valence-corrected chi connectivity index (χ3v) is 7.31. The van der Waals surface area contributed by atoms with Crippen molar-refractivity contribution in [3.63, 3.8) is 0 Å². The lowest BCUT2D eigenvalue weighted by atomic mass is 10.0. The van der Waals surface area contributed by atoms with Crippen molar-refractivity contribution in [2.45, 2.75) is 42.7 Å². The molecule has 146 valence electrons. The van der Waals surface area contributed by atoms with Gasteiger partial charge in [-0.15, -0.1) is 0 Å². The van der Waals surface area contributed by atoms with Crippen molar-refractivity contribution >= 4 is 10.0 Å². The van der Waals surface area contributed by atoms with E-state index in [9.17, 15) is 8.42 Å². The number of rotatable bonds is 5. The van der Waals surface area contributed by atoms with Gasteiger partial charge in [0, 0.05) is 31.5 Å². The van der Waals surface area contributed by atoms with Crippen LogP contribution in [0.25, 0.3) is 0 Å². The molecule has 2 aliphatic rings. The Hall–Kier alpha value is -1.90. The Morgan fingerprint density at radius 2 is 1.96 bits per heavy atom. The molecular weight excluding hydrogens is 366 g/mol. The first-order valence-electron chi connectivity index (χ1n) is 9.38. The first kappa shape index (κ1) is 18.5. The normalized spacial score (nSPS) is 22.2. The maximum Gasteiger partial charge on any atom is 0.246 e. The van der Waals surface area contributed by atoms with Gasteiger partial charge in [-0.05, 0) is 31.7 Å². The van der Waals surface area contributed by atoms with Gasteiger partial charge in [-0.2, -0.15) is 9.40 Å². The molecule has 1 aromatic carbocycles. The molecule has 8 heteroatoms. The van der Waals surface area contributed by atoms with Crippen LogP contribution in [0, 0.1) is 0 Å². The maximum absolute atomic E-state index is 13.3. The summed E-state index contributed by atoms with van der Waals surface area (Å²) < 4.78 is 40.9. The molecule has 7 nitrogen and oxygen atoms in total. The summed E-state index contributed by atoms with van der Waals surface area (Å²) in [7, 11) is -2.00. The number of aromatic nitrogens is 2. The van der Waals surface area contributed by atoms with Crippen molar-refractivity contribution in [1.29, 1.82) is 0 Å². The number of hydrogen-bond donors (Lipinski definition) is 0. The van der Waals surface area contributed by atoms with Gasteiger partial charge >= 0.3 is 0 Å². The fourth-order valence-electron chi connectivity index (χ4n) is 4.02. The van der Waals surface area contributed by atoms with Crippen LogP contribution in [0.15, 0.2) is 41.6 Å². The summed E-state index contributed by atoms with van der Waals surface area (Å²) in [6, 6.07) is 7.63. The summed E-state index contributed by atoms with van der Waals surface area (Å²) in [6.07, 6.45) is 6.47. The van der Waals surface area contributed by atoms with Crippen LogP contribution in [0.1, 0.15) is 43.3 Å². The average Bonchev–Trinajstić information content (AvgIpc) is 3.39. The van der Waals surface area contributed by atoms with Gasteiger partial charge in [0.15, 0.2) is 0 Å². The molecule has 0 bridgehead atoms. The molecule has 4 rings (SSSR count). The van der Waals surface area contributed by atoms with E-state index >= 15 is 0 Å². The third kappa shape index (κ3) is 3.49. The van der Waals surface area contributed by atoms with Gasteiger partial charge in [-0.1, -0.05) is 18.2 Å². The Morgan fingerprint density at radius 1 is 1.19 bits per heavy atom. The van der Waals surface area contributed by atoms with Crippen LogP contribution in [0.2, 0.25) is 0 Å².